The van der Waals surface area contributed by atoms with Crippen molar-refractivity contribution in [2.45, 2.75) is 51.8 Å². The second kappa shape index (κ2) is 6.23. The number of aliphatic hydroxyl groups is 1. The van der Waals surface area contributed by atoms with E-state index >= 15 is 0 Å². The molecule has 0 fully saturated rings. The van der Waals surface area contributed by atoms with Crippen LogP contribution in [0.1, 0.15) is 45.1 Å². The standard InChI is InChI=1S/C17H23NO2/c1-3-4-8-11-17(20)14(2)12-16(19)18(17)13-15-9-6-5-7-10-15/h5-7,9-10,12,20H,3-4,8,11,13H2,1-2H3. The number of hydrogen-bond acceptors (Lipinski definition) is 2. The summed E-state index contributed by atoms with van der Waals surface area (Å²) in [5.74, 6) is -0.0923. The topological polar surface area (TPSA) is 40.5 Å². The van der Waals surface area contributed by atoms with Crippen molar-refractivity contribution in [3.8, 4) is 0 Å². The maximum absolute atomic E-state index is 12.1. The molecule has 1 N–H and O–H groups in total. The smallest absolute Gasteiger partial charge is 0.249 e. The first-order chi connectivity index (χ1) is 9.58. The highest BCUT2D eigenvalue weighted by Crippen LogP contribution is 2.34. The van der Waals surface area contributed by atoms with Crippen LogP contribution in [-0.2, 0) is 11.3 Å². The Morgan fingerprint density at radius 1 is 1.20 bits per heavy atom. The summed E-state index contributed by atoms with van der Waals surface area (Å²) in [5.41, 5.74) is 0.689. The number of amides is 1. The van der Waals surface area contributed by atoms with Crippen molar-refractivity contribution in [3.63, 3.8) is 0 Å². The second-order valence-electron chi connectivity index (χ2n) is 5.51. The van der Waals surface area contributed by atoms with E-state index in [0.29, 0.717) is 13.0 Å². The predicted octanol–water partition coefficient (Wildman–Crippen LogP) is 3.24. The van der Waals surface area contributed by atoms with Crippen LogP contribution in [0.15, 0.2) is 42.0 Å². The van der Waals surface area contributed by atoms with Gasteiger partial charge in [-0.05, 0) is 30.9 Å². The number of carbonyl (C=O) groups is 1. The van der Waals surface area contributed by atoms with Crippen LogP contribution in [0.3, 0.4) is 0 Å². The molecule has 3 nitrogen and oxygen atoms in total. The van der Waals surface area contributed by atoms with Crippen LogP contribution in [0.2, 0.25) is 0 Å². The summed E-state index contributed by atoms with van der Waals surface area (Å²) in [6, 6.07) is 9.81. The predicted molar refractivity (Wildman–Crippen MR) is 79.8 cm³/mol. The lowest BCUT2D eigenvalue weighted by Crippen LogP contribution is -2.47. The number of hydrogen-bond donors (Lipinski definition) is 1. The van der Waals surface area contributed by atoms with Crippen molar-refractivity contribution >= 4 is 5.91 Å². The van der Waals surface area contributed by atoms with E-state index in [1.165, 1.54) is 0 Å². The maximum atomic E-state index is 12.1. The molecule has 1 aliphatic heterocycles. The lowest BCUT2D eigenvalue weighted by atomic mass is 9.98. The number of carbonyl (C=O) groups excluding carboxylic acids is 1. The summed E-state index contributed by atoms with van der Waals surface area (Å²) in [5, 5.41) is 10.9. The molecule has 0 saturated carbocycles. The van der Waals surface area contributed by atoms with Crippen molar-refractivity contribution in [1.82, 2.24) is 4.90 Å². The van der Waals surface area contributed by atoms with Crippen LogP contribution in [0.25, 0.3) is 0 Å². The Bertz CT molecular complexity index is 495. The van der Waals surface area contributed by atoms with E-state index in [9.17, 15) is 9.90 Å². The summed E-state index contributed by atoms with van der Waals surface area (Å²) in [6.45, 7) is 4.43. The highest BCUT2D eigenvalue weighted by Gasteiger charge is 2.43. The monoisotopic (exact) mass is 273 g/mol. The Labute approximate surface area is 120 Å². The lowest BCUT2D eigenvalue weighted by Gasteiger charge is -2.36. The Morgan fingerprint density at radius 2 is 1.90 bits per heavy atom. The molecule has 1 aliphatic rings. The van der Waals surface area contributed by atoms with Crippen LogP contribution in [0.5, 0.6) is 0 Å². The molecule has 1 amide bonds. The molecule has 0 spiro atoms. The molecule has 0 aromatic heterocycles. The highest BCUT2D eigenvalue weighted by molar-refractivity contribution is 5.92. The van der Waals surface area contributed by atoms with Gasteiger partial charge in [-0.1, -0.05) is 50.1 Å². The molecule has 0 saturated heterocycles. The van der Waals surface area contributed by atoms with Gasteiger partial charge in [0.1, 0.15) is 0 Å². The molecular formula is C17H23NO2. The summed E-state index contributed by atoms with van der Waals surface area (Å²) in [7, 11) is 0. The van der Waals surface area contributed by atoms with E-state index in [1.54, 1.807) is 11.0 Å². The van der Waals surface area contributed by atoms with Gasteiger partial charge in [-0.25, -0.2) is 0 Å². The van der Waals surface area contributed by atoms with E-state index in [0.717, 1.165) is 30.4 Å². The fourth-order valence-electron chi connectivity index (χ4n) is 2.70. The van der Waals surface area contributed by atoms with E-state index < -0.39 is 5.72 Å². The molecule has 0 bridgehead atoms. The molecule has 1 atom stereocenters. The quantitative estimate of drug-likeness (QED) is 0.808. The highest BCUT2D eigenvalue weighted by atomic mass is 16.3. The minimum Gasteiger partial charge on any atom is -0.367 e. The van der Waals surface area contributed by atoms with Gasteiger partial charge in [-0.2, -0.15) is 0 Å². The van der Waals surface area contributed by atoms with Gasteiger partial charge in [-0.3, -0.25) is 4.79 Å². The molecule has 0 radical (unpaired) electrons. The zero-order valence-electron chi connectivity index (χ0n) is 12.3. The first-order valence-corrected chi connectivity index (χ1v) is 7.34. The summed E-state index contributed by atoms with van der Waals surface area (Å²) < 4.78 is 0. The van der Waals surface area contributed by atoms with Crippen molar-refractivity contribution in [3.05, 3.63) is 47.5 Å². The SMILES string of the molecule is CCCCCC1(O)C(C)=CC(=O)N1Cc1ccccc1. The minimum atomic E-state index is -1.11. The van der Waals surface area contributed by atoms with Crippen LogP contribution in [0.4, 0.5) is 0 Å². The van der Waals surface area contributed by atoms with Gasteiger partial charge in [0, 0.05) is 12.6 Å². The number of nitrogens with zero attached hydrogens (tertiary/aromatic N) is 1. The van der Waals surface area contributed by atoms with Gasteiger partial charge >= 0.3 is 0 Å². The fourth-order valence-corrected chi connectivity index (χ4v) is 2.70. The molecule has 1 unspecified atom stereocenters. The number of benzene rings is 1. The Balaban J connectivity index is 2.14. The Kier molecular flexibility index (Phi) is 4.61. The molecule has 108 valence electrons. The second-order valence-corrected chi connectivity index (χ2v) is 5.51. The Hall–Kier alpha value is -1.61. The number of rotatable bonds is 6. The largest absolute Gasteiger partial charge is 0.367 e. The van der Waals surface area contributed by atoms with Crippen LogP contribution in [-0.4, -0.2) is 21.6 Å². The third-order valence-electron chi connectivity index (χ3n) is 4.00. The van der Waals surface area contributed by atoms with Gasteiger partial charge in [-0.15, -0.1) is 0 Å². The minimum absolute atomic E-state index is 0.0923. The molecule has 0 aliphatic carbocycles. The van der Waals surface area contributed by atoms with Gasteiger partial charge in [0.05, 0.1) is 0 Å². The molecule has 2 rings (SSSR count). The molecule has 1 heterocycles. The average Bonchev–Trinajstić information content (AvgIpc) is 2.64. The van der Waals surface area contributed by atoms with Gasteiger partial charge in [0.2, 0.25) is 5.91 Å². The molecule has 3 heteroatoms. The molecule has 1 aromatic rings. The zero-order chi connectivity index (χ0) is 14.6. The third-order valence-corrected chi connectivity index (χ3v) is 4.00. The average molecular weight is 273 g/mol. The van der Waals surface area contributed by atoms with Crippen molar-refractivity contribution < 1.29 is 9.90 Å². The van der Waals surface area contributed by atoms with E-state index in [1.807, 2.05) is 37.3 Å². The normalized spacial score (nSPS) is 22.2. The fraction of sp³-hybridized carbons (Fsp3) is 0.471. The summed E-state index contributed by atoms with van der Waals surface area (Å²) in [6.07, 6.45) is 5.28. The van der Waals surface area contributed by atoms with Gasteiger partial charge < -0.3 is 10.0 Å². The van der Waals surface area contributed by atoms with Gasteiger partial charge in [0.15, 0.2) is 5.72 Å². The van der Waals surface area contributed by atoms with Crippen molar-refractivity contribution in [2.75, 3.05) is 0 Å². The van der Waals surface area contributed by atoms with Crippen molar-refractivity contribution in [1.29, 1.82) is 0 Å². The lowest BCUT2D eigenvalue weighted by molar-refractivity contribution is -0.145. The van der Waals surface area contributed by atoms with Crippen LogP contribution < -0.4 is 0 Å². The molecule has 20 heavy (non-hydrogen) atoms. The summed E-state index contributed by atoms with van der Waals surface area (Å²) in [4.78, 5) is 13.7. The zero-order valence-corrected chi connectivity index (χ0v) is 12.3. The Morgan fingerprint density at radius 3 is 2.55 bits per heavy atom. The van der Waals surface area contributed by atoms with Crippen LogP contribution in [0, 0.1) is 0 Å². The third kappa shape index (κ3) is 2.93. The maximum Gasteiger partial charge on any atom is 0.249 e. The van der Waals surface area contributed by atoms with Crippen molar-refractivity contribution in [2.24, 2.45) is 0 Å². The molecular weight excluding hydrogens is 250 g/mol. The number of unbranched alkanes of at least 4 members (excludes halogenated alkanes) is 2. The van der Waals surface area contributed by atoms with Crippen LogP contribution >= 0.6 is 0 Å². The summed E-state index contributed by atoms with van der Waals surface area (Å²) >= 11 is 0. The first kappa shape index (κ1) is 14.8. The van der Waals surface area contributed by atoms with E-state index in [-0.39, 0.29) is 5.91 Å². The first-order valence-electron chi connectivity index (χ1n) is 7.34. The van der Waals surface area contributed by atoms with E-state index in [4.69, 9.17) is 0 Å². The van der Waals surface area contributed by atoms with Gasteiger partial charge in [0.25, 0.3) is 0 Å². The van der Waals surface area contributed by atoms with E-state index in [2.05, 4.69) is 6.92 Å². The molecule has 1 aromatic carbocycles.